The summed E-state index contributed by atoms with van der Waals surface area (Å²) in [5.41, 5.74) is 0.402. The van der Waals surface area contributed by atoms with Gasteiger partial charge in [0, 0.05) is 11.4 Å². The molecule has 0 aliphatic rings. The first kappa shape index (κ1) is 12.9. The molecule has 0 atom stereocenters. The van der Waals surface area contributed by atoms with Crippen LogP contribution in [0.15, 0.2) is 12.1 Å². The Morgan fingerprint density at radius 3 is 2.62 bits per heavy atom. The summed E-state index contributed by atoms with van der Waals surface area (Å²) < 4.78 is 0. The Labute approximate surface area is 104 Å². The molecule has 0 spiro atoms. The molecule has 86 valence electrons. The van der Waals surface area contributed by atoms with Gasteiger partial charge in [-0.05, 0) is 11.6 Å². The Balaban J connectivity index is 3.33. The third-order valence-electron chi connectivity index (χ3n) is 1.91. The number of carbonyl (C=O) groups is 1. The predicted molar refractivity (Wildman–Crippen MR) is 62.1 cm³/mol. The molecular weight excluding hydrogens is 301 g/mol. The van der Waals surface area contributed by atoms with Gasteiger partial charge in [-0.15, -0.1) is 0 Å². The molecule has 0 aromatic heterocycles. The highest BCUT2D eigenvalue weighted by atomic mass is 79.9. The lowest BCUT2D eigenvalue weighted by molar-refractivity contribution is -0.385. The fraction of sp³-hybridized carbons (Fsp3) is 0.222. The molecule has 5 nitrogen and oxygen atoms in total. The first-order valence-electron chi connectivity index (χ1n) is 4.19. The van der Waals surface area contributed by atoms with Gasteiger partial charge in [0.15, 0.2) is 0 Å². The summed E-state index contributed by atoms with van der Waals surface area (Å²) in [7, 11) is 0. The number of hydrogen-bond acceptors (Lipinski definition) is 3. The number of halogens is 2. The van der Waals surface area contributed by atoms with Crippen molar-refractivity contribution in [2.75, 3.05) is 0 Å². The third kappa shape index (κ3) is 2.93. The number of nitro benzene ring substituents is 1. The molecule has 0 unspecified atom stereocenters. The van der Waals surface area contributed by atoms with Gasteiger partial charge >= 0.3 is 5.97 Å². The number of hydrogen-bond donors (Lipinski definition) is 1. The minimum Gasteiger partial charge on any atom is -0.481 e. The van der Waals surface area contributed by atoms with Gasteiger partial charge in [0.05, 0.1) is 21.9 Å². The molecule has 0 fully saturated rings. The number of carboxylic acid groups (broad SMARTS) is 1. The fourth-order valence-electron chi connectivity index (χ4n) is 1.24. The van der Waals surface area contributed by atoms with Gasteiger partial charge in [0.25, 0.3) is 5.69 Å². The highest BCUT2D eigenvalue weighted by molar-refractivity contribution is 9.08. The lowest BCUT2D eigenvalue weighted by Crippen LogP contribution is -2.05. The number of aliphatic carboxylic acids is 1. The van der Waals surface area contributed by atoms with Crippen LogP contribution in [0.5, 0.6) is 0 Å². The molecule has 1 aromatic carbocycles. The van der Waals surface area contributed by atoms with Gasteiger partial charge in [-0.2, -0.15) is 0 Å². The van der Waals surface area contributed by atoms with E-state index in [-0.39, 0.29) is 16.3 Å². The van der Waals surface area contributed by atoms with E-state index in [1.165, 1.54) is 12.1 Å². The van der Waals surface area contributed by atoms with Crippen LogP contribution in [0.25, 0.3) is 0 Å². The molecular formula is C9H7BrClNO4. The molecule has 0 aliphatic heterocycles. The van der Waals surface area contributed by atoms with Crippen LogP contribution in [0.3, 0.4) is 0 Å². The maximum Gasteiger partial charge on any atom is 0.308 e. The van der Waals surface area contributed by atoms with E-state index in [1.54, 1.807) is 0 Å². The van der Waals surface area contributed by atoms with Gasteiger partial charge in [0.1, 0.15) is 0 Å². The SMILES string of the molecule is O=C(O)Cc1c(Cl)cc(CBr)cc1[N+](=O)[O-]. The monoisotopic (exact) mass is 307 g/mol. The second kappa shape index (κ2) is 5.27. The summed E-state index contributed by atoms with van der Waals surface area (Å²) in [4.78, 5) is 20.7. The van der Waals surface area contributed by atoms with Crippen molar-refractivity contribution in [3.05, 3.63) is 38.4 Å². The van der Waals surface area contributed by atoms with Crippen LogP contribution >= 0.6 is 27.5 Å². The second-order valence-corrected chi connectivity index (χ2v) is 4.00. The highest BCUT2D eigenvalue weighted by Gasteiger charge is 2.20. The van der Waals surface area contributed by atoms with E-state index in [0.717, 1.165) is 0 Å². The third-order valence-corrected chi connectivity index (χ3v) is 2.90. The van der Waals surface area contributed by atoms with Crippen LogP contribution in [-0.4, -0.2) is 16.0 Å². The number of carboxylic acids is 1. The molecule has 1 aromatic rings. The van der Waals surface area contributed by atoms with E-state index in [0.29, 0.717) is 10.9 Å². The van der Waals surface area contributed by atoms with Crippen LogP contribution in [0.1, 0.15) is 11.1 Å². The summed E-state index contributed by atoms with van der Waals surface area (Å²) in [6.45, 7) is 0. The van der Waals surface area contributed by atoms with Crippen molar-refractivity contribution in [3.8, 4) is 0 Å². The minimum absolute atomic E-state index is 0.0314. The first-order valence-corrected chi connectivity index (χ1v) is 5.69. The Hall–Kier alpha value is -1.14. The number of alkyl halides is 1. The van der Waals surface area contributed by atoms with E-state index in [2.05, 4.69) is 15.9 Å². The van der Waals surface area contributed by atoms with Crippen LogP contribution in [0.4, 0.5) is 5.69 Å². The quantitative estimate of drug-likeness (QED) is 0.527. The molecule has 0 amide bonds. The second-order valence-electron chi connectivity index (χ2n) is 3.04. The number of rotatable bonds is 4. The van der Waals surface area contributed by atoms with Gasteiger partial charge in [-0.1, -0.05) is 27.5 Å². The Morgan fingerprint density at radius 2 is 2.19 bits per heavy atom. The zero-order valence-corrected chi connectivity index (χ0v) is 10.3. The molecule has 16 heavy (non-hydrogen) atoms. The zero-order chi connectivity index (χ0) is 12.3. The standard InChI is InChI=1S/C9H7BrClNO4/c10-4-5-1-7(11)6(3-9(13)14)8(2-5)12(15)16/h1-2H,3-4H2,(H,13,14). The molecule has 1 N–H and O–H groups in total. The van der Waals surface area contributed by atoms with E-state index >= 15 is 0 Å². The molecule has 0 radical (unpaired) electrons. The van der Waals surface area contributed by atoms with Crippen LogP contribution in [0.2, 0.25) is 5.02 Å². The topological polar surface area (TPSA) is 80.4 Å². The van der Waals surface area contributed by atoms with Crippen molar-refractivity contribution in [3.63, 3.8) is 0 Å². The highest BCUT2D eigenvalue weighted by Crippen LogP contribution is 2.29. The summed E-state index contributed by atoms with van der Waals surface area (Å²) in [6.07, 6.45) is -0.461. The summed E-state index contributed by atoms with van der Waals surface area (Å²) >= 11 is 8.97. The summed E-state index contributed by atoms with van der Waals surface area (Å²) in [5, 5.41) is 19.9. The van der Waals surface area contributed by atoms with Crippen molar-refractivity contribution in [1.29, 1.82) is 0 Å². The van der Waals surface area contributed by atoms with Crippen LogP contribution < -0.4 is 0 Å². The van der Waals surface area contributed by atoms with Gasteiger partial charge in [-0.3, -0.25) is 14.9 Å². The maximum atomic E-state index is 10.8. The number of nitrogens with zero attached hydrogens (tertiary/aromatic N) is 1. The predicted octanol–water partition coefficient (Wildman–Crippen LogP) is 2.77. The Morgan fingerprint density at radius 1 is 1.56 bits per heavy atom. The van der Waals surface area contributed by atoms with Gasteiger partial charge in [-0.25, -0.2) is 0 Å². The number of benzene rings is 1. The maximum absolute atomic E-state index is 10.8. The van der Waals surface area contributed by atoms with E-state index in [9.17, 15) is 14.9 Å². The Bertz CT molecular complexity index is 449. The van der Waals surface area contributed by atoms with Gasteiger partial charge in [0.2, 0.25) is 0 Å². The van der Waals surface area contributed by atoms with Crippen molar-refractivity contribution in [2.45, 2.75) is 11.8 Å². The lowest BCUT2D eigenvalue weighted by Gasteiger charge is -2.05. The molecule has 7 heteroatoms. The molecule has 0 bridgehead atoms. The van der Waals surface area contributed by atoms with E-state index < -0.39 is 17.3 Å². The summed E-state index contributed by atoms with van der Waals surface area (Å²) in [5.74, 6) is -1.16. The average Bonchev–Trinajstić information content (AvgIpc) is 2.19. The van der Waals surface area contributed by atoms with Crippen molar-refractivity contribution in [1.82, 2.24) is 0 Å². The lowest BCUT2D eigenvalue weighted by atomic mass is 10.1. The van der Waals surface area contributed by atoms with E-state index in [4.69, 9.17) is 16.7 Å². The van der Waals surface area contributed by atoms with Crippen molar-refractivity contribution in [2.24, 2.45) is 0 Å². The van der Waals surface area contributed by atoms with Gasteiger partial charge < -0.3 is 5.11 Å². The van der Waals surface area contributed by atoms with Crippen LogP contribution in [0, 0.1) is 10.1 Å². The van der Waals surface area contributed by atoms with Crippen LogP contribution in [-0.2, 0) is 16.5 Å². The molecule has 0 saturated heterocycles. The smallest absolute Gasteiger partial charge is 0.308 e. The first-order chi connectivity index (χ1) is 7.45. The zero-order valence-electron chi connectivity index (χ0n) is 7.94. The molecule has 0 aliphatic carbocycles. The molecule has 0 heterocycles. The minimum atomic E-state index is -1.16. The fourth-order valence-corrected chi connectivity index (χ4v) is 1.87. The largest absolute Gasteiger partial charge is 0.481 e. The number of nitro groups is 1. The summed E-state index contributed by atoms with van der Waals surface area (Å²) in [6, 6.07) is 2.83. The van der Waals surface area contributed by atoms with Crippen molar-refractivity contribution < 1.29 is 14.8 Å². The van der Waals surface area contributed by atoms with E-state index in [1.807, 2.05) is 0 Å². The molecule has 1 rings (SSSR count). The average molecular weight is 309 g/mol. The Kier molecular flexibility index (Phi) is 4.26. The van der Waals surface area contributed by atoms with Crippen molar-refractivity contribution >= 4 is 39.2 Å². The normalized spacial score (nSPS) is 10.1. The molecule has 0 saturated carbocycles.